The number of amides is 2. The third kappa shape index (κ3) is 18.7. The molecule has 42 heavy (non-hydrogen) atoms. The quantitative estimate of drug-likeness (QED) is 0.0728. The SMILES string of the molecule is CCCCCCCCCCCCCC(=O)OC(C)C(NC(=O)OCc1ccccc1)C(=O)NCCC(OCC)OCC. The van der Waals surface area contributed by atoms with Gasteiger partial charge >= 0.3 is 12.1 Å². The zero-order valence-electron chi connectivity index (χ0n) is 26.5. The maximum atomic E-state index is 13.1. The van der Waals surface area contributed by atoms with E-state index in [9.17, 15) is 14.4 Å². The Morgan fingerprint density at radius 1 is 0.786 bits per heavy atom. The average molecular weight is 593 g/mol. The number of hydrogen-bond acceptors (Lipinski definition) is 7. The highest BCUT2D eigenvalue weighted by atomic mass is 16.7. The van der Waals surface area contributed by atoms with Crippen molar-refractivity contribution in [3.8, 4) is 0 Å². The Kier molecular flexibility index (Phi) is 22.2. The molecule has 0 spiro atoms. The first kappa shape index (κ1) is 37.4. The van der Waals surface area contributed by atoms with Gasteiger partial charge < -0.3 is 29.6 Å². The van der Waals surface area contributed by atoms with E-state index >= 15 is 0 Å². The van der Waals surface area contributed by atoms with Crippen molar-refractivity contribution in [2.45, 2.75) is 136 Å². The average Bonchev–Trinajstić information content (AvgIpc) is 2.98. The number of esters is 1. The molecule has 9 nitrogen and oxygen atoms in total. The molecule has 1 aromatic rings. The van der Waals surface area contributed by atoms with Crippen LogP contribution in [0, 0.1) is 0 Å². The van der Waals surface area contributed by atoms with Gasteiger partial charge in [-0.25, -0.2) is 4.79 Å². The first-order valence-corrected chi connectivity index (χ1v) is 16.1. The first-order chi connectivity index (χ1) is 20.4. The van der Waals surface area contributed by atoms with Gasteiger partial charge in [0.2, 0.25) is 5.91 Å². The van der Waals surface area contributed by atoms with E-state index in [2.05, 4.69) is 17.6 Å². The molecule has 0 aliphatic heterocycles. The van der Waals surface area contributed by atoms with Crippen molar-refractivity contribution in [1.29, 1.82) is 0 Å². The number of carbonyl (C=O) groups excluding carboxylic acids is 3. The summed E-state index contributed by atoms with van der Waals surface area (Å²) in [6, 6.07) is 8.13. The number of unbranched alkanes of at least 4 members (excludes halogenated alkanes) is 10. The molecule has 0 aliphatic rings. The molecule has 2 atom stereocenters. The molecular formula is C33H56N2O7. The summed E-state index contributed by atoms with van der Waals surface area (Å²) in [6.07, 6.45) is 11.7. The Labute approximate surface area is 253 Å². The number of alkyl carbamates (subject to hydrolysis) is 1. The van der Waals surface area contributed by atoms with Crippen LogP contribution in [-0.2, 0) is 35.1 Å². The Morgan fingerprint density at radius 3 is 1.93 bits per heavy atom. The van der Waals surface area contributed by atoms with E-state index in [1.807, 2.05) is 44.2 Å². The predicted octanol–water partition coefficient (Wildman–Crippen LogP) is 6.82. The van der Waals surface area contributed by atoms with Crippen molar-refractivity contribution in [3.05, 3.63) is 35.9 Å². The molecule has 9 heteroatoms. The second kappa shape index (κ2) is 24.9. The molecular weight excluding hydrogens is 536 g/mol. The molecule has 0 bridgehead atoms. The second-order valence-electron chi connectivity index (χ2n) is 10.6. The summed E-state index contributed by atoms with van der Waals surface area (Å²) in [7, 11) is 0. The molecule has 0 heterocycles. The first-order valence-electron chi connectivity index (χ1n) is 16.1. The lowest BCUT2D eigenvalue weighted by Crippen LogP contribution is -2.54. The summed E-state index contributed by atoms with van der Waals surface area (Å²) in [6.45, 7) is 8.88. The summed E-state index contributed by atoms with van der Waals surface area (Å²) < 4.78 is 21.9. The van der Waals surface area contributed by atoms with Crippen molar-refractivity contribution in [3.63, 3.8) is 0 Å². The zero-order valence-corrected chi connectivity index (χ0v) is 26.5. The minimum absolute atomic E-state index is 0.0540. The van der Waals surface area contributed by atoms with Crippen molar-refractivity contribution < 1.29 is 33.3 Å². The van der Waals surface area contributed by atoms with Crippen LogP contribution in [0.2, 0.25) is 0 Å². The molecule has 2 unspecified atom stereocenters. The number of nitrogens with one attached hydrogen (secondary N) is 2. The summed E-state index contributed by atoms with van der Waals surface area (Å²) >= 11 is 0. The molecule has 0 saturated heterocycles. The zero-order chi connectivity index (χ0) is 30.8. The largest absolute Gasteiger partial charge is 0.460 e. The summed E-state index contributed by atoms with van der Waals surface area (Å²) in [4.78, 5) is 38.2. The van der Waals surface area contributed by atoms with Crippen LogP contribution in [0.25, 0.3) is 0 Å². The van der Waals surface area contributed by atoms with Crippen molar-refractivity contribution in [2.75, 3.05) is 19.8 Å². The fourth-order valence-electron chi connectivity index (χ4n) is 4.57. The van der Waals surface area contributed by atoms with Crippen LogP contribution in [0.3, 0.4) is 0 Å². The maximum absolute atomic E-state index is 13.1. The lowest BCUT2D eigenvalue weighted by molar-refractivity contribution is -0.151. The van der Waals surface area contributed by atoms with E-state index in [0.29, 0.717) is 19.6 Å². The number of rotatable bonds is 25. The highest BCUT2D eigenvalue weighted by Gasteiger charge is 2.30. The summed E-state index contributed by atoms with van der Waals surface area (Å²) in [5, 5.41) is 5.37. The van der Waals surface area contributed by atoms with Gasteiger partial charge in [0, 0.05) is 32.6 Å². The van der Waals surface area contributed by atoms with E-state index in [-0.39, 0.29) is 25.5 Å². The van der Waals surface area contributed by atoms with Crippen LogP contribution in [0.1, 0.15) is 117 Å². The topological polar surface area (TPSA) is 112 Å². The van der Waals surface area contributed by atoms with Crippen molar-refractivity contribution >= 4 is 18.0 Å². The summed E-state index contributed by atoms with van der Waals surface area (Å²) in [5.74, 6) is -0.864. The lowest BCUT2D eigenvalue weighted by atomic mass is 10.1. The smallest absolute Gasteiger partial charge is 0.408 e. The van der Waals surface area contributed by atoms with Gasteiger partial charge in [0.1, 0.15) is 18.8 Å². The minimum atomic E-state index is -1.12. The van der Waals surface area contributed by atoms with Gasteiger partial charge in [-0.3, -0.25) is 9.59 Å². The van der Waals surface area contributed by atoms with Gasteiger partial charge in [-0.2, -0.15) is 0 Å². The van der Waals surface area contributed by atoms with E-state index in [1.165, 1.54) is 51.4 Å². The fraction of sp³-hybridized carbons (Fsp3) is 0.727. The molecule has 0 saturated carbocycles. The molecule has 2 N–H and O–H groups in total. The minimum Gasteiger partial charge on any atom is -0.460 e. The maximum Gasteiger partial charge on any atom is 0.408 e. The third-order valence-corrected chi connectivity index (χ3v) is 6.92. The standard InChI is InChI=1S/C33H56N2O7/c1-5-8-9-10-11-12-13-14-15-16-20-23-29(36)42-27(4)31(32(37)34-25-24-30(39-6-2)40-7-3)35-33(38)41-26-28-21-18-17-19-22-28/h17-19,21-22,27,30-31H,5-16,20,23-26H2,1-4H3,(H,34,37)(H,35,38). The van der Waals surface area contributed by atoms with Gasteiger partial charge in [-0.1, -0.05) is 101 Å². The Hall–Kier alpha value is -2.65. The van der Waals surface area contributed by atoms with Crippen LogP contribution < -0.4 is 10.6 Å². The molecule has 0 fully saturated rings. The lowest BCUT2D eigenvalue weighted by Gasteiger charge is -2.25. The van der Waals surface area contributed by atoms with Crippen molar-refractivity contribution in [1.82, 2.24) is 10.6 Å². The fourth-order valence-corrected chi connectivity index (χ4v) is 4.57. The van der Waals surface area contributed by atoms with E-state index in [4.69, 9.17) is 18.9 Å². The third-order valence-electron chi connectivity index (χ3n) is 6.92. The monoisotopic (exact) mass is 592 g/mol. The molecule has 240 valence electrons. The van der Waals surface area contributed by atoms with Crippen LogP contribution in [0.15, 0.2) is 30.3 Å². The van der Waals surface area contributed by atoms with Crippen LogP contribution >= 0.6 is 0 Å². The molecule has 0 radical (unpaired) electrons. The number of ether oxygens (including phenoxy) is 4. The van der Waals surface area contributed by atoms with Crippen molar-refractivity contribution in [2.24, 2.45) is 0 Å². The molecule has 0 aliphatic carbocycles. The van der Waals surface area contributed by atoms with Gasteiger partial charge in [0.25, 0.3) is 0 Å². The molecule has 1 aromatic carbocycles. The van der Waals surface area contributed by atoms with E-state index < -0.39 is 30.4 Å². The van der Waals surface area contributed by atoms with E-state index in [0.717, 1.165) is 24.8 Å². The Bertz CT molecular complexity index is 831. The van der Waals surface area contributed by atoms with Crippen LogP contribution in [0.4, 0.5) is 4.79 Å². The number of carbonyl (C=O) groups is 3. The molecule has 2 amide bonds. The molecule has 1 rings (SSSR count). The van der Waals surface area contributed by atoms with Gasteiger partial charge in [-0.15, -0.1) is 0 Å². The van der Waals surface area contributed by atoms with Crippen LogP contribution in [-0.4, -0.2) is 56.2 Å². The van der Waals surface area contributed by atoms with Gasteiger partial charge in [0.05, 0.1) is 0 Å². The normalized spacial score (nSPS) is 12.5. The molecule has 0 aromatic heterocycles. The summed E-state index contributed by atoms with van der Waals surface area (Å²) in [5.41, 5.74) is 0.818. The van der Waals surface area contributed by atoms with Gasteiger partial charge in [0.15, 0.2) is 6.29 Å². The second-order valence-corrected chi connectivity index (χ2v) is 10.6. The predicted molar refractivity (Wildman–Crippen MR) is 165 cm³/mol. The number of hydrogen-bond donors (Lipinski definition) is 2. The van der Waals surface area contributed by atoms with E-state index in [1.54, 1.807) is 6.92 Å². The Balaban J connectivity index is 2.52. The van der Waals surface area contributed by atoms with Crippen LogP contribution in [0.5, 0.6) is 0 Å². The highest BCUT2D eigenvalue weighted by Crippen LogP contribution is 2.13. The number of benzene rings is 1. The highest BCUT2D eigenvalue weighted by molar-refractivity contribution is 5.86. The van der Waals surface area contributed by atoms with Gasteiger partial charge in [-0.05, 0) is 32.8 Å². The Morgan fingerprint density at radius 2 is 1.36 bits per heavy atom.